The Kier molecular flexibility index (Phi) is 4.82. The molecule has 0 spiro atoms. The van der Waals surface area contributed by atoms with Crippen LogP contribution in [0.5, 0.6) is 0 Å². The summed E-state index contributed by atoms with van der Waals surface area (Å²) in [6, 6.07) is -0.0299. The summed E-state index contributed by atoms with van der Waals surface area (Å²) >= 11 is 0. The molecule has 0 aromatic carbocycles. The molecule has 0 aliphatic heterocycles. The Morgan fingerprint density at radius 2 is 2.15 bits per heavy atom. The molecule has 1 aliphatic carbocycles. The predicted octanol–water partition coefficient (Wildman–Crippen LogP) is 1.29. The molecular weight excluding hydrogens is 276 g/mol. The van der Waals surface area contributed by atoms with E-state index >= 15 is 0 Å². The predicted molar refractivity (Wildman–Crippen MR) is 77.8 cm³/mol. The third kappa shape index (κ3) is 3.21. The van der Waals surface area contributed by atoms with Gasteiger partial charge in [-0.1, -0.05) is 13.3 Å². The van der Waals surface area contributed by atoms with Crippen LogP contribution in [-0.4, -0.2) is 31.2 Å². The van der Waals surface area contributed by atoms with Crippen LogP contribution in [-0.2, 0) is 16.6 Å². The number of aromatic amines is 1. The van der Waals surface area contributed by atoms with Crippen molar-refractivity contribution in [3.8, 4) is 0 Å². The van der Waals surface area contributed by atoms with Gasteiger partial charge in [-0.3, -0.25) is 5.10 Å². The van der Waals surface area contributed by atoms with E-state index in [1.54, 1.807) is 0 Å². The van der Waals surface area contributed by atoms with Crippen molar-refractivity contribution in [2.45, 2.75) is 57.6 Å². The zero-order valence-corrected chi connectivity index (χ0v) is 13.2. The second kappa shape index (κ2) is 6.24. The Bertz CT molecular complexity index is 549. The van der Waals surface area contributed by atoms with Gasteiger partial charge < -0.3 is 5.32 Å². The van der Waals surface area contributed by atoms with E-state index in [2.05, 4.69) is 20.2 Å². The quantitative estimate of drug-likeness (QED) is 0.708. The molecule has 20 heavy (non-hydrogen) atoms. The van der Waals surface area contributed by atoms with Gasteiger partial charge in [0.2, 0.25) is 0 Å². The van der Waals surface area contributed by atoms with E-state index in [0.717, 1.165) is 30.6 Å². The van der Waals surface area contributed by atoms with Crippen molar-refractivity contribution in [1.29, 1.82) is 0 Å². The largest absolute Gasteiger partial charge is 0.313 e. The molecule has 6 nitrogen and oxygen atoms in total. The molecule has 1 heterocycles. The van der Waals surface area contributed by atoms with Crippen LogP contribution in [0.15, 0.2) is 5.03 Å². The summed E-state index contributed by atoms with van der Waals surface area (Å²) in [5.41, 5.74) is 1.52. The number of nitrogens with one attached hydrogen (secondary N) is 3. The molecule has 0 radical (unpaired) electrons. The summed E-state index contributed by atoms with van der Waals surface area (Å²) in [5.74, 6) is 0.460. The van der Waals surface area contributed by atoms with E-state index in [1.807, 2.05) is 20.8 Å². The molecule has 0 bridgehead atoms. The summed E-state index contributed by atoms with van der Waals surface area (Å²) in [5, 5.41) is 10.0. The van der Waals surface area contributed by atoms with Crippen molar-refractivity contribution < 1.29 is 8.42 Å². The van der Waals surface area contributed by atoms with Crippen molar-refractivity contribution in [2.75, 3.05) is 6.54 Å². The molecule has 3 N–H and O–H groups in total. The van der Waals surface area contributed by atoms with Crippen LogP contribution in [0, 0.1) is 12.8 Å². The fraction of sp³-hybridized carbons (Fsp3) is 0.769. The molecule has 7 heteroatoms. The van der Waals surface area contributed by atoms with Crippen LogP contribution in [0.1, 0.15) is 44.4 Å². The first-order valence-corrected chi connectivity index (χ1v) is 8.71. The Hall–Kier alpha value is -0.920. The Morgan fingerprint density at radius 1 is 1.45 bits per heavy atom. The molecule has 1 atom stereocenters. The van der Waals surface area contributed by atoms with Crippen molar-refractivity contribution in [3.05, 3.63) is 11.3 Å². The van der Waals surface area contributed by atoms with Gasteiger partial charge in [0, 0.05) is 23.8 Å². The first-order chi connectivity index (χ1) is 9.45. The van der Waals surface area contributed by atoms with Gasteiger partial charge in [0.05, 0.1) is 0 Å². The number of rotatable bonds is 7. The minimum absolute atomic E-state index is 0.0299. The number of sulfonamides is 1. The maximum atomic E-state index is 12.5. The second-order valence-electron chi connectivity index (χ2n) is 5.51. The summed E-state index contributed by atoms with van der Waals surface area (Å²) in [6.07, 6.45) is 3.41. The Balaban J connectivity index is 2.15. The number of nitrogens with zero attached hydrogens (tertiary/aromatic N) is 1. The number of aryl methyl sites for hydroxylation is 1. The highest BCUT2D eigenvalue weighted by Gasteiger charge is 2.30. The lowest BCUT2D eigenvalue weighted by molar-refractivity contribution is 0.260. The fourth-order valence-corrected chi connectivity index (χ4v) is 3.96. The van der Waals surface area contributed by atoms with Gasteiger partial charge in [0.1, 0.15) is 0 Å². The van der Waals surface area contributed by atoms with Crippen molar-refractivity contribution in [2.24, 2.45) is 5.92 Å². The lowest BCUT2D eigenvalue weighted by atomic mass is 9.81. The normalized spacial score (nSPS) is 17.9. The minimum Gasteiger partial charge on any atom is -0.313 e. The van der Waals surface area contributed by atoms with Gasteiger partial charge in [-0.25, -0.2) is 13.1 Å². The van der Waals surface area contributed by atoms with E-state index in [-0.39, 0.29) is 11.1 Å². The van der Waals surface area contributed by atoms with Crippen LogP contribution < -0.4 is 10.0 Å². The summed E-state index contributed by atoms with van der Waals surface area (Å²) in [7, 11) is -3.55. The molecule has 0 amide bonds. The first kappa shape index (κ1) is 15.5. The highest BCUT2D eigenvalue weighted by atomic mass is 32.2. The zero-order chi connectivity index (χ0) is 14.8. The van der Waals surface area contributed by atoms with Gasteiger partial charge in [-0.2, -0.15) is 5.10 Å². The average Bonchev–Trinajstić information content (AvgIpc) is 2.65. The number of hydrogen-bond acceptors (Lipinski definition) is 4. The zero-order valence-electron chi connectivity index (χ0n) is 12.4. The number of aromatic nitrogens is 2. The van der Waals surface area contributed by atoms with E-state index in [4.69, 9.17) is 0 Å². The lowest BCUT2D eigenvalue weighted by Crippen LogP contribution is -2.41. The maximum Gasteiger partial charge on any atom is 0.260 e. The van der Waals surface area contributed by atoms with Crippen LogP contribution >= 0.6 is 0 Å². The van der Waals surface area contributed by atoms with Crippen molar-refractivity contribution in [3.63, 3.8) is 0 Å². The highest BCUT2D eigenvalue weighted by molar-refractivity contribution is 7.89. The summed E-state index contributed by atoms with van der Waals surface area (Å²) < 4.78 is 27.7. The van der Waals surface area contributed by atoms with E-state index in [9.17, 15) is 8.42 Å². The smallest absolute Gasteiger partial charge is 0.260 e. The number of H-pyrrole nitrogens is 1. The van der Waals surface area contributed by atoms with Crippen molar-refractivity contribution >= 4 is 10.0 Å². The molecule has 0 saturated heterocycles. The standard InChI is InChI=1S/C13H24N4O2S/c1-4-14-8-12-10(3)15-16-13(12)20(18,19)17-9(2)11-6-5-7-11/h9,11,14,17H,4-8H2,1-3H3,(H,15,16). The molecule has 1 aliphatic rings. The fourth-order valence-electron chi connectivity index (χ4n) is 2.45. The van der Waals surface area contributed by atoms with Gasteiger partial charge in [-0.15, -0.1) is 0 Å². The minimum atomic E-state index is -3.55. The molecule has 1 aromatic heterocycles. The summed E-state index contributed by atoms with van der Waals surface area (Å²) in [6.45, 7) is 7.06. The highest BCUT2D eigenvalue weighted by Crippen LogP contribution is 2.30. The molecule has 2 rings (SSSR count). The van der Waals surface area contributed by atoms with Crippen molar-refractivity contribution in [1.82, 2.24) is 20.2 Å². The average molecular weight is 300 g/mol. The molecule has 1 aromatic rings. The second-order valence-corrected chi connectivity index (χ2v) is 7.14. The van der Waals surface area contributed by atoms with E-state index in [1.165, 1.54) is 6.42 Å². The first-order valence-electron chi connectivity index (χ1n) is 7.22. The number of hydrogen-bond donors (Lipinski definition) is 3. The monoisotopic (exact) mass is 300 g/mol. The molecule has 1 fully saturated rings. The molecule has 114 valence electrons. The third-order valence-electron chi connectivity index (χ3n) is 4.04. The van der Waals surface area contributed by atoms with Crippen LogP contribution in [0.25, 0.3) is 0 Å². The lowest BCUT2D eigenvalue weighted by Gasteiger charge is -2.31. The van der Waals surface area contributed by atoms with Gasteiger partial charge in [0.15, 0.2) is 5.03 Å². The SMILES string of the molecule is CCNCc1c(S(=O)(=O)NC(C)C2CCC2)n[nH]c1C. The Labute approximate surface area is 120 Å². The van der Waals surface area contributed by atoms with Crippen LogP contribution in [0.4, 0.5) is 0 Å². The third-order valence-corrected chi connectivity index (χ3v) is 5.57. The Morgan fingerprint density at radius 3 is 2.70 bits per heavy atom. The topological polar surface area (TPSA) is 86.9 Å². The van der Waals surface area contributed by atoms with Crippen LogP contribution in [0.3, 0.4) is 0 Å². The summed E-state index contributed by atoms with van der Waals surface area (Å²) in [4.78, 5) is 0. The maximum absolute atomic E-state index is 12.5. The van der Waals surface area contributed by atoms with Crippen LogP contribution in [0.2, 0.25) is 0 Å². The van der Waals surface area contributed by atoms with Gasteiger partial charge in [0.25, 0.3) is 10.0 Å². The van der Waals surface area contributed by atoms with E-state index in [0.29, 0.717) is 12.5 Å². The van der Waals surface area contributed by atoms with Gasteiger partial charge in [-0.05, 0) is 39.2 Å². The molecule has 1 saturated carbocycles. The van der Waals surface area contributed by atoms with Gasteiger partial charge >= 0.3 is 0 Å². The molecular formula is C13H24N4O2S. The molecule has 1 unspecified atom stereocenters. The van der Waals surface area contributed by atoms with E-state index < -0.39 is 10.0 Å².